The van der Waals surface area contributed by atoms with Gasteiger partial charge in [-0.15, -0.1) is 0 Å². The SMILES string of the molecule is O=C(Cc1cc(Cl)ccc1Cl)C1(c2ccccc2)CCC1. The number of hydrogen-bond donors (Lipinski definition) is 0. The molecular weight excluding hydrogens is 303 g/mol. The maximum Gasteiger partial charge on any atom is 0.147 e. The number of ketones is 1. The summed E-state index contributed by atoms with van der Waals surface area (Å²) in [6, 6.07) is 15.4. The molecule has 1 nitrogen and oxygen atoms in total. The van der Waals surface area contributed by atoms with Gasteiger partial charge >= 0.3 is 0 Å². The van der Waals surface area contributed by atoms with Crippen LogP contribution in [0.2, 0.25) is 10.0 Å². The minimum absolute atomic E-state index is 0.240. The number of halogens is 2. The van der Waals surface area contributed by atoms with Crippen LogP contribution < -0.4 is 0 Å². The third-order valence-corrected chi connectivity index (χ3v) is 5.03. The van der Waals surface area contributed by atoms with Crippen molar-refractivity contribution in [3.05, 3.63) is 69.7 Å². The number of Topliss-reactive ketones (excluding diaryl/α,β-unsaturated/α-hetero) is 1. The molecule has 1 aliphatic rings. The maximum absolute atomic E-state index is 12.9. The summed E-state index contributed by atoms with van der Waals surface area (Å²) in [5, 5.41) is 1.22. The highest BCUT2D eigenvalue weighted by Gasteiger charge is 2.44. The Bertz CT molecular complexity index is 660. The Morgan fingerprint density at radius 1 is 1.05 bits per heavy atom. The fourth-order valence-electron chi connectivity index (χ4n) is 3.04. The van der Waals surface area contributed by atoms with Gasteiger partial charge in [-0.1, -0.05) is 60.0 Å². The van der Waals surface area contributed by atoms with E-state index in [-0.39, 0.29) is 11.2 Å². The van der Waals surface area contributed by atoms with Crippen LogP contribution in [0.3, 0.4) is 0 Å². The smallest absolute Gasteiger partial charge is 0.147 e. The van der Waals surface area contributed by atoms with E-state index in [1.54, 1.807) is 18.2 Å². The second-order valence-electron chi connectivity index (χ2n) is 5.64. The molecule has 0 heterocycles. The molecule has 0 amide bonds. The van der Waals surface area contributed by atoms with Gasteiger partial charge in [0.15, 0.2) is 0 Å². The van der Waals surface area contributed by atoms with Gasteiger partial charge in [-0.05, 0) is 42.2 Å². The lowest BCUT2D eigenvalue weighted by Crippen LogP contribution is -2.43. The van der Waals surface area contributed by atoms with E-state index in [1.165, 1.54) is 0 Å². The predicted molar refractivity (Wildman–Crippen MR) is 87.1 cm³/mol. The third-order valence-electron chi connectivity index (χ3n) is 4.43. The zero-order valence-corrected chi connectivity index (χ0v) is 13.1. The molecule has 0 bridgehead atoms. The lowest BCUT2D eigenvalue weighted by atomic mass is 9.61. The lowest BCUT2D eigenvalue weighted by Gasteiger charge is -2.41. The lowest BCUT2D eigenvalue weighted by molar-refractivity contribution is -0.127. The van der Waals surface area contributed by atoms with E-state index in [9.17, 15) is 4.79 Å². The minimum Gasteiger partial charge on any atom is -0.298 e. The highest BCUT2D eigenvalue weighted by atomic mass is 35.5. The number of benzene rings is 2. The Labute approximate surface area is 134 Å². The van der Waals surface area contributed by atoms with Crippen LogP contribution in [0.15, 0.2) is 48.5 Å². The Morgan fingerprint density at radius 2 is 1.76 bits per heavy atom. The van der Waals surface area contributed by atoms with Gasteiger partial charge in [-0.3, -0.25) is 4.79 Å². The summed E-state index contributed by atoms with van der Waals surface area (Å²) in [6.45, 7) is 0. The molecule has 0 unspecified atom stereocenters. The van der Waals surface area contributed by atoms with Gasteiger partial charge in [0.2, 0.25) is 0 Å². The van der Waals surface area contributed by atoms with Crippen LogP contribution in [0.4, 0.5) is 0 Å². The maximum atomic E-state index is 12.9. The molecule has 2 aromatic rings. The standard InChI is InChI=1S/C18H16Cl2O/c19-15-7-8-16(20)13(11-15)12-17(21)18(9-4-10-18)14-5-2-1-3-6-14/h1-3,5-8,11H,4,9-10,12H2. The molecule has 21 heavy (non-hydrogen) atoms. The summed E-state index contributed by atoms with van der Waals surface area (Å²) >= 11 is 12.2. The van der Waals surface area contributed by atoms with E-state index in [0.717, 1.165) is 30.4 Å². The van der Waals surface area contributed by atoms with Crippen molar-refractivity contribution in [2.24, 2.45) is 0 Å². The molecule has 0 atom stereocenters. The molecule has 0 N–H and O–H groups in total. The molecule has 1 aliphatic carbocycles. The first-order chi connectivity index (χ1) is 10.1. The first-order valence-electron chi connectivity index (χ1n) is 7.15. The minimum atomic E-state index is -0.326. The second-order valence-corrected chi connectivity index (χ2v) is 6.48. The van der Waals surface area contributed by atoms with Crippen molar-refractivity contribution in [1.29, 1.82) is 0 Å². The average molecular weight is 319 g/mol. The molecule has 0 saturated heterocycles. The first-order valence-corrected chi connectivity index (χ1v) is 7.90. The van der Waals surface area contributed by atoms with Gasteiger partial charge < -0.3 is 0 Å². The first kappa shape index (κ1) is 14.6. The summed E-state index contributed by atoms with van der Waals surface area (Å²) < 4.78 is 0. The van der Waals surface area contributed by atoms with Crippen LogP contribution in [0.1, 0.15) is 30.4 Å². The van der Waals surface area contributed by atoms with Crippen LogP contribution in [-0.2, 0) is 16.6 Å². The Balaban J connectivity index is 1.89. The van der Waals surface area contributed by atoms with Gasteiger partial charge in [-0.2, -0.15) is 0 Å². The average Bonchev–Trinajstić information content (AvgIpc) is 2.43. The third kappa shape index (κ3) is 2.73. The van der Waals surface area contributed by atoms with Crippen molar-refractivity contribution in [3.63, 3.8) is 0 Å². The van der Waals surface area contributed by atoms with Gasteiger partial charge in [0.25, 0.3) is 0 Å². The van der Waals surface area contributed by atoms with Gasteiger partial charge in [0.1, 0.15) is 5.78 Å². The van der Waals surface area contributed by atoms with E-state index < -0.39 is 0 Å². The Hall–Kier alpha value is -1.31. The van der Waals surface area contributed by atoms with Crippen LogP contribution in [0, 0.1) is 0 Å². The predicted octanol–water partition coefficient (Wildman–Crippen LogP) is 5.23. The Kier molecular flexibility index (Phi) is 4.05. The fourth-order valence-corrected chi connectivity index (χ4v) is 3.42. The molecular formula is C18H16Cl2O. The van der Waals surface area contributed by atoms with E-state index >= 15 is 0 Å². The van der Waals surface area contributed by atoms with Crippen molar-refractivity contribution in [3.8, 4) is 0 Å². The largest absolute Gasteiger partial charge is 0.298 e. The van der Waals surface area contributed by atoms with Crippen molar-refractivity contribution in [1.82, 2.24) is 0 Å². The normalized spacial score (nSPS) is 16.3. The molecule has 3 rings (SSSR count). The van der Waals surface area contributed by atoms with E-state index in [0.29, 0.717) is 16.5 Å². The number of rotatable bonds is 4. The highest BCUT2D eigenvalue weighted by molar-refractivity contribution is 6.33. The monoisotopic (exact) mass is 318 g/mol. The molecule has 0 aromatic heterocycles. The summed E-state index contributed by atoms with van der Waals surface area (Å²) in [7, 11) is 0. The van der Waals surface area contributed by atoms with Crippen LogP contribution in [0.25, 0.3) is 0 Å². The zero-order valence-electron chi connectivity index (χ0n) is 11.6. The summed E-state index contributed by atoms with van der Waals surface area (Å²) in [4.78, 5) is 12.9. The molecule has 0 spiro atoms. The van der Waals surface area contributed by atoms with Crippen molar-refractivity contribution >= 4 is 29.0 Å². The molecule has 3 heteroatoms. The van der Waals surface area contributed by atoms with Crippen molar-refractivity contribution in [2.45, 2.75) is 31.1 Å². The Morgan fingerprint density at radius 3 is 2.38 bits per heavy atom. The zero-order chi connectivity index (χ0) is 14.9. The van der Waals surface area contributed by atoms with Gasteiger partial charge in [0.05, 0.1) is 5.41 Å². The van der Waals surface area contributed by atoms with Gasteiger partial charge in [0, 0.05) is 16.5 Å². The number of carbonyl (C=O) groups is 1. The van der Waals surface area contributed by atoms with Crippen molar-refractivity contribution < 1.29 is 4.79 Å². The number of hydrogen-bond acceptors (Lipinski definition) is 1. The molecule has 1 saturated carbocycles. The molecule has 0 aliphatic heterocycles. The fraction of sp³-hybridized carbons (Fsp3) is 0.278. The number of carbonyl (C=O) groups excluding carboxylic acids is 1. The van der Waals surface area contributed by atoms with E-state index in [4.69, 9.17) is 23.2 Å². The topological polar surface area (TPSA) is 17.1 Å². The quantitative estimate of drug-likeness (QED) is 0.754. The van der Waals surface area contributed by atoms with Crippen LogP contribution in [-0.4, -0.2) is 5.78 Å². The van der Waals surface area contributed by atoms with E-state index in [1.807, 2.05) is 18.2 Å². The van der Waals surface area contributed by atoms with Crippen LogP contribution >= 0.6 is 23.2 Å². The summed E-state index contributed by atoms with van der Waals surface area (Å²) in [6.07, 6.45) is 3.29. The van der Waals surface area contributed by atoms with Gasteiger partial charge in [-0.25, -0.2) is 0 Å². The summed E-state index contributed by atoms with van der Waals surface area (Å²) in [5.74, 6) is 0.240. The van der Waals surface area contributed by atoms with Crippen molar-refractivity contribution in [2.75, 3.05) is 0 Å². The molecule has 1 fully saturated rings. The molecule has 108 valence electrons. The molecule has 0 radical (unpaired) electrons. The van der Waals surface area contributed by atoms with E-state index in [2.05, 4.69) is 12.1 Å². The summed E-state index contributed by atoms with van der Waals surface area (Å²) in [5.41, 5.74) is 1.61. The van der Waals surface area contributed by atoms with Crippen LogP contribution in [0.5, 0.6) is 0 Å². The second kappa shape index (κ2) is 5.82. The molecule has 2 aromatic carbocycles. The highest BCUT2D eigenvalue weighted by Crippen LogP contribution is 2.45.